The molecule has 1 aromatic rings. The molecule has 4 nitrogen and oxygen atoms in total. The summed E-state index contributed by atoms with van der Waals surface area (Å²) in [7, 11) is 0. The summed E-state index contributed by atoms with van der Waals surface area (Å²) in [6.45, 7) is 15.0. The van der Waals surface area contributed by atoms with E-state index in [9.17, 15) is 0 Å². The van der Waals surface area contributed by atoms with Gasteiger partial charge in [-0.2, -0.15) is 0 Å². The van der Waals surface area contributed by atoms with E-state index in [1.807, 2.05) is 31.7 Å². The van der Waals surface area contributed by atoms with Crippen LogP contribution in [0.5, 0.6) is 0 Å². The van der Waals surface area contributed by atoms with Gasteiger partial charge in [-0.05, 0) is 47.8 Å². The van der Waals surface area contributed by atoms with Crippen molar-refractivity contribution in [2.45, 2.75) is 0 Å². The summed E-state index contributed by atoms with van der Waals surface area (Å²) in [4.78, 5) is 1.23. The van der Waals surface area contributed by atoms with Crippen LogP contribution >= 0.6 is 83.6 Å². The van der Waals surface area contributed by atoms with Gasteiger partial charge in [0.2, 0.25) is 0 Å². The van der Waals surface area contributed by atoms with Crippen molar-refractivity contribution in [3.05, 3.63) is 60.6 Å². The van der Waals surface area contributed by atoms with Crippen molar-refractivity contribution < 1.29 is 0 Å². The molecule has 0 unspecified atom stereocenters. The zero-order valence-electron chi connectivity index (χ0n) is 14.6. The van der Waals surface area contributed by atoms with Gasteiger partial charge in [0.1, 0.15) is 0 Å². The Labute approximate surface area is 193 Å². The predicted octanol–water partition coefficient (Wildman–Crippen LogP) is 5.83. The molecule has 0 aromatic carbocycles. The zero-order chi connectivity index (χ0) is 20.1. The smallest absolute Gasteiger partial charge is 0.177 e. The molecule has 0 bridgehead atoms. The molecule has 0 spiro atoms. The van der Waals surface area contributed by atoms with E-state index in [-0.39, 0.29) is 0 Å². The summed E-state index contributed by atoms with van der Waals surface area (Å²) >= 11 is 18.9. The number of hydrogen-bond donors (Lipinski definition) is 0. The fourth-order valence-corrected chi connectivity index (χ4v) is 6.35. The molecule has 0 saturated carbocycles. The van der Waals surface area contributed by atoms with Gasteiger partial charge in [-0.15, -0.1) is 36.5 Å². The Morgan fingerprint density at radius 2 is 1.04 bits per heavy atom. The Kier molecular flexibility index (Phi) is 13.4. The van der Waals surface area contributed by atoms with E-state index < -0.39 is 0 Å². The van der Waals surface area contributed by atoms with Gasteiger partial charge in [-0.3, -0.25) is 0 Å². The summed E-state index contributed by atoms with van der Waals surface area (Å²) in [5, 5.41) is 9.83. The maximum atomic E-state index is 5.60. The molecule has 0 aliphatic heterocycles. The topological polar surface area (TPSA) is 32.3 Å². The number of thiocarbonyl (C=S) groups is 2. The zero-order valence-corrected chi connectivity index (χ0v) is 20.3. The van der Waals surface area contributed by atoms with Gasteiger partial charge in [-0.1, -0.05) is 60.1 Å². The summed E-state index contributed by atoms with van der Waals surface area (Å²) in [6, 6.07) is 0. The fraction of sp³-hybridized carbons (Fsp3) is 0.250. The largest absolute Gasteiger partial charge is 0.244 e. The summed E-state index contributed by atoms with van der Waals surface area (Å²) in [6.07, 6.45) is 7.34. The van der Waals surface area contributed by atoms with Crippen molar-refractivity contribution in [2.24, 2.45) is 0 Å². The highest BCUT2D eigenvalue weighted by atomic mass is 32.2. The normalized spacial score (nSPS) is 10.1. The van der Waals surface area contributed by atoms with E-state index in [0.717, 1.165) is 23.0 Å². The van der Waals surface area contributed by atoms with Gasteiger partial charge in [0.25, 0.3) is 0 Å². The Morgan fingerprint density at radius 1 is 0.741 bits per heavy atom. The van der Waals surface area contributed by atoms with Gasteiger partial charge in [0, 0.05) is 23.0 Å². The highest BCUT2D eigenvalue weighted by molar-refractivity contribution is 8.14. The first-order chi connectivity index (χ1) is 13.1. The van der Waals surface area contributed by atoms with E-state index in [4.69, 9.17) is 24.4 Å². The van der Waals surface area contributed by atoms with Crippen LogP contribution in [0.2, 0.25) is 0 Å². The first kappa shape index (κ1) is 24.7. The number of hydrogen-bond acceptors (Lipinski definition) is 9. The maximum absolute atomic E-state index is 5.60. The van der Waals surface area contributed by atoms with E-state index in [1.54, 1.807) is 47.8 Å². The van der Waals surface area contributed by atoms with Gasteiger partial charge in [0.05, 0.1) is 0 Å². The highest BCUT2D eigenvalue weighted by Gasteiger charge is 2.21. The quantitative estimate of drug-likeness (QED) is 0.180. The number of aromatic nitrogens is 2. The standard InChI is InChI=1S/C16H20N4S7/c1-5-9-23-19(24-10-6-2)15(21)13-17-18-14(27-13)16(22)20(25-11-7-3)26-12-8-4/h5-8H,1-4,9-12H2. The van der Waals surface area contributed by atoms with Crippen molar-refractivity contribution in [1.29, 1.82) is 0 Å². The van der Waals surface area contributed by atoms with Crippen LogP contribution in [0.25, 0.3) is 0 Å². The molecule has 146 valence electrons. The molecule has 0 fully saturated rings. The van der Waals surface area contributed by atoms with E-state index in [1.165, 1.54) is 11.3 Å². The third-order valence-corrected chi connectivity index (χ3v) is 9.24. The van der Waals surface area contributed by atoms with Crippen molar-refractivity contribution in [3.8, 4) is 0 Å². The molecule has 11 heteroatoms. The summed E-state index contributed by atoms with van der Waals surface area (Å²) in [5.74, 6) is 2.99. The molecular weight excluding hydrogens is 473 g/mol. The minimum atomic E-state index is 0.615. The molecule has 0 saturated heterocycles. The van der Waals surface area contributed by atoms with Crippen LogP contribution in [0, 0.1) is 0 Å². The number of nitrogens with zero attached hydrogens (tertiary/aromatic N) is 4. The van der Waals surface area contributed by atoms with Crippen LogP contribution < -0.4 is 0 Å². The minimum Gasteiger partial charge on any atom is -0.244 e. The second-order valence-corrected chi connectivity index (χ2v) is 10.4. The van der Waals surface area contributed by atoms with Crippen molar-refractivity contribution >= 4 is 93.5 Å². The Morgan fingerprint density at radius 3 is 1.30 bits per heavy atom. The first-order valence-corrected chi connectivity index (χ1v) is 13.0. The Balaban J connectivity index is 2.90. The van der Waals surface area contributed by atoms with Crippen LogP contribution in [0.15, 0.2) is 50.6 Å². The van der Waals surface area contributed by atoms with Crippen LogP contribution in [-0.4, -0.2) is 50.6 Å². The molecule has 0 radical (unpaired) electrons. The third-order valence-electron chi connectivity index (χ3n) is 2.36. The lowest BCUT2D eigenvalue weighted by molar-refractivity contribution is 1.03. The average Bonchev–Trinajstić information content (AvgIpc) is 3.17. The van der Waals surface area contributed by atoms with Crippen molar-refractivity contribution in [2.75, 3.05) is 23.0 Å². The molecule has 0 aliphatic carbocycles. The van der Waals surface area contributed by atoms with Gasteiger partial charge < -0.3 is 0 Å². The number of rotatable bonds is 14. The molecule has 0 amide bonds. The lowest BCUT2D eigenvalue weighted by Gasteiger charge is -2.20. The first-order valence-electron chi connectivity index (χ1n) is 7.56. The second-order valence-electron chi connectivity index (χ2n) is 4.37. The monoisotopic (exact) mass is 492 g/mol. The summed E-state index contributed by atoms with van der Waals surface area (Å²) < 4.78 is 3.89. The average molecular weight is 493 g/mol. The molecule has 1 heterocycles. The van der Waals surface area contributed by atoms with Crippen LogP contribution in [0.1, 0.15) is 10.0 Å². The minimum absolute atomic E-state index is 0.615. The molecule has 1 aromatic heterocycles. The maximum Gasteiger partial charge on any atom is 0.177 e. The second kappa shape index (κ2) is 14.7. The van der Waals surface area contributed by atoms with Crippen LogP contribution in [-0.2, 0) is 0 Å². The van der Waals surface area contributed by atoms with Crippen molar-refractivity contribution in [1.82, 2.24) is 17.6 Å². The van der Waals surface area contributed by atoms with E-state index in [0.29, 0.717) is 20.0 Å². The fourth-order valence-electron chi connectivity index (χ4n) is 1.34. The van der Waals surface area contributed by atoms with E-state index in [2.05, 4.69) is 36.5 Å². The molecular formula is C16H20N4S7. The molecule has 27 heavy (non-hydrogen) atoms. The Bertz CT molecular complexity index is 595. The summed E-state index contributed by atoms with van der Waals surface area (Å²) in [5.41, 5.74) is 0. The SMILES string of the molecule is C=CCSN(SCC=C)C(=S)c1nnc(C(=S)N(SCC=C)SCC=C)s1. The third kappa shape index (κ3) is 8.71. The highest BCUT2D eigenvalue weighted by Crippen LogP contribution is 2.30. The van der Waals surface area contributed by atoms with Crippen molar-refractivity contribution in [3.63, 3.8) is 0 Å². The molecule has 0 atom stereocenters. The van der Waals surface area contributed by atoms with Gasteiger partial charge in [0.15, 0.2) is 20.0 Å². The molecule has 0 aliphatic rings. The lowest BCUT2D eigenvalue weighted by Crippen LogP contribution is -2.17. The van der Waals surface area contributed by atoms with Gasteiger partial charge in [-0.25, -0.2) is 7.42 Å². The van der Waals surface area contributed by atoms with Crippen LogP contribution in [0.3, 0.4) is 0 Å². The Hall–Kier alpha value is -0.300. The lowest BCUT2D eigenvalue weighted by atomic mass is 10.7. The molecule has 0 N–H and O–H groups in total. The van der Waals surface area contributed by atoms with E-state index >= 15 is 0 Å². The predicted molar refractivity (Wildman–Crippen MR) is 138 cm³/mol. The van der Waals surface area contributed by atoms with Gasteiger partial charge >= 0.3 is 0 Å². The van der Waals surface area contributed by atoms with Crippen LogP contribution in [0.4, 0.5) is 0 Å². The molecule has 1 rings (SSSR count).